The molecule has 0 atom stereocenters. The van der Waals surface area contributed by atoms with E-state index in [1.54, 1.807) is 0 Å². The Kier molecular flexibility index (Phi) is 5.20. The molecule has 1 saturated heterocycles. The zero-order valence-electron chi connectivity index (χ0n) is 13.9. The average molecular weight is 364 g/mol. The maximum atomic E-state index is 11.7. The Morgan fingerprint density at radius 1 is 1.29 bits per heavy atom. The SMILES string of the molecule is CC(C)(CCSc1cccc2nccn12)CCN1C(=O)CSC1=O. The van der Waals surface area contributed by atoms with Crippen molar-refractivity contribution in [1.82, 2.24) is 14.3 Å². The van der Waals surface area contributed by atoms with E-state index in [-0.39, 0.29) is 16.6 Å². The van der Waals surface area contributed by atoms with E-state index in [1.807, 2.05) is 36.3 Å². The van der Waals surface area contributed by atoms with Crippen LogP contribution in [0.4, 0.5) is 4.79 Å². The van der Waals surface area contributed by atoms with E-state index in [0.29, 0.717) is 12.3 Å². The second-order valence-electron chi connectivity index (χ2n) is 6.63. The second kappa shape index (κ2) is 7.19. The van der Waals surface area contributed by atoms with Gasteiger partial charge in [0.05, 0.1) is 10.8 Å². The summed E-state index contributed by atoms with van der Waals surface area (Å²) in [6, 6.07) is 6.12. The monoisotopic (exact) mass is 363 g/mol. The summed E-state index contributed by atoms with van der Waals surface area (Å²) in [5, 5.41) is 1.08. The highest BCUT2D eigenvalue weighted by Gasteiger charge is 2.31. The molecular formula is C17H21N3O2S2. The first-order chi connectivity index (χ1) is 11.5. The Labute approximate surface area is 150 Å². The lowest BCUT2D eigenvalue weighted by molar-refractivity contribution is -0.124. The maximum Gasteiger partial charge on any atom is 0.288 e. The first-order valence-corrected chi connectivity index (χ1v) is 9.95. The van der Waals surface area contributed by atoms with E-state index in [0.717, 1.165) is 36.0 Å². The van der Waals surface area contributed by atoms with Crippen molar-refractivity contribution >= 4 is 40.3 Å². The van der Waals surface area contributed by atoms with Gasteiger partial charge in [0.2, 0.25) is 5.91 Å². The van der Waals surface area contributed by atoms with Crippen LogP contribution in [-0.2, 0) is 4.79 Å². The Balaban J connectivity index is 1.51. The van der Waals surface area contributed by atoms with Crippen molar-refractivity contribution in [3.05, 3.63) is 30.6 Å². The first kappa shape index (κ1) is 17.4. The summed E-state index contributed by atoms with van der Waals surface area (Å²) in [6.07, 6.45) is 5.64. The van der Waals surface area contributed by atoms with Crippen molar-refractivity contribution in [2.24, 2.45) is 5.41 Å². The van der Waals surface area contributed by atoms with Gasteiger partial charge in [-0.05, 0) is 36.1 Å². The van der Waals surface area contributed by atoms with Crippen LogP contribution in [0.15, 0.2) is 35.6 Å². The van der Waals surface area contributed by atoms with Crippen molar-refractivity contribution in [3.8, 4) is 0 Å². The topological polar surface area (TPSA) is 54.7 Å². The van der Waals surface area contributed by atoms with Crippen LogP contribution >= 0.6 is 23.5 Å². The number of rotatable bonds is 7. The van der Waals surface area contributed by atoms with E-state index in [2.05, 4.69) is 29.3 Å². The number of amides is 2. The van der Waals surface area contributed by atoms with Gasteiger partial charge in [0.1, 0.15) is 5.65 Å². The third-order valence-corrected chi connectivity index (χ3v) is 6.17. The van der Waals surface area contributed by atoms with Crippen LogP contribution in [0.3, 0.4) is 0 Å². The Hall–Kier alpha value is -1.47. The number of carbonyl (C=O) groups is 2. The van der Waals surface area contributed by atoms with E-state index < -0.39 is 0 Å². The lowest BCUT2D eigenvalue weighted by Crippen LogP contribution is -2.32. The predicted molar refractivity (Wildman–Crippen MR) is 98.5 cm³/mol. The second-order valence-corrected chi connectivity index (χ2v) is 8.67. The van der Waals surface area contributed by atoms with Crippen LogP contribution in [0, 0.1) is 5.41 Å². The molecule has 0 saturated carbocycles. The fourth-order valence-corrected chi connectivity index (χ4v) is 4.69. The number of thioether (sulfide) groups is 2. The van der Waals surface area contributed by atoms with Gasteiger partial charge in [-0.2, -0.15) is 0 Å². The molecule has 1 aliphatic heterocycles. The third kappa shape index (κ3) is 3.95. The molecule has 0 aromatic carbocycles. The highest BCUT2D eigenvalue weighted by atomic mass is 32.2. The molecule has 1 fully saturated rings. The van der Waals surface area contributed by atoms with Gasteiger partial charge in [-0.3, -0.25) is 18.9 Å². The summed E-state index contributed by atoms with van der Waals surface area (Å²) in [7, 11) is 0. The molecule has 0 radical (unpaired) electrons. The predicted octanol–water partition coefficient (Wildman–Crippen LogP) is 3.93. The van der Waals surface area contributed by atoms with Gasteiger partial charge in [0.25, 0.3) is 5.24 Å². The van der Waals surface area contributed by atoms with Gasteiger partial charge < -0.3 is 0 Å². The van der Waals surface area contributed by atoms with Gasteiger partial charge in [0.15, 0.2) is 0 Å². The smallest absolute Gasteiger partial charge is 0.288 e. The Morgan fingerprint density at radius 2 is 2.12 bits per heavy atom. The molecular weight excluding hydrogens is 342 g/mol. The summed E-state index contributed by atoms with van der Waals surface area (Å²) in [5.74, 6) is 1.23. The highest BCUT2D eigenvalue weighted by Crippen LogP contribution is 2.31. The molecule has 0 spiro atoms. The summed E-state index contributed by atoms with van der Waals surface area (Å²) in [4.78, 5) is 29.0. The molecule has 2 aromatic heterocycles. The molecule has 24 heavy (non-hydrogen) atoms. The number of carbonyl (C=O) groups excluding carboxylic acids is 2. The van der Waals surface area contributed by atoms with Gasteiger partial charge >= 0.3 is 0 Å². The molecule has 3 heterocycles. The van der Waals surface area contributed by atoms with Gasteiger partial charge in [-0.15, -0.1) is 11.8 Å². The lowest BCUT2D eigenvalue weighted by atomic mass is 9.86. The molecule has 2 amide bonds. The minimum Gasteiger partial charge on any atom is -0.294 e. The molecule has 0 aliphatic carbocycles. The summed E-state index contributed by atoms with van der Waals surface area (Å²) < 4.78 is 2.09. The molecule has 2 aromatic rings. The molecule has 0 N–H and O–H groups in total. The number of hydrogen-bond donors (Lipinski definition) is 0. The van der Waals surface area contributed by atoms with Crippen LogP contribution < -0.4 is 0 Å². The fourth-order valence-electron chi connectivity index (χ4n) is 2.61. The minimum absolute atomic E-state index is 0.0537. The molecule has 0 unspecified atom stereocenters. The Morgan fingerprint density at radius 3 is 2.88 bits per heavy atom. The summed E-state index contributed by atoms with van der Waals surface area (Å²) in [6.45, 7) is 4.92. The average Bonchev–Trinajstić information content (AvgIpc) is 3.13. The number of aromatic nitrogens is 2. The molecule has 3 rings (SSSR count). The molecule has 7 heteroatoms. The number of imide groups is 1. The number of hydrogen-bond acceptors (Lipinski definition) is 5. The number of imidazole rings is 1. The zero-order valence-corrected chi connectivity index (χ0v) is 15.5. The van der Waals surface area contributed by atoms with E-state index in [1.165, 1.54) is 9.93 Å². The largest absolute Gasteiger partial charge is 0.294 e. The van der Waals surface area contributed by atoms with Gasteiger partial charge in [-0.25, -0.2) is 4.98 Å². The van der Waals surface area contributed by atoms with E-state index in [4.69, 9.17) is 0 Å². The normalized spacial score (nSPS) is 15.7. The van der Waals surface area contributed by atoms with Crippen molar-refractivity contribution < 1.29 is 9.59 Å². The van der Waals surface area contributed by atoms with Gasteiger partial charge in [-0.1, -0.05) is 31.7 Å². The number of nitrogens with zero attached hydrogens (tertiary/aromatic N) is 3. The zero-order chi connectivity index (χ0) is 17.2. The van der Waals surface area contributed by atoms with Crippen LogP contribution in [0.2, 0.25) is 0 Å². The van der Waals surface area contributed by atoms with Crippen molar-refractivity contribution in [3.63, 3.8) is 0 Å². The summed E-state index contributed by atoms with van der Waals surface area (Å²) in [5.41, 5.74) is 1.05. The summed E-state index contributed by atoms with van der Waals surface area (Å²) >= 11 is 2.92. The molecule has 5 nitrogen and oxygen atoms in total. The van der Waals surface area contributed by atoms with E-state index in [9.17, 15) is 9.59 Å². The number of fused-ring (bicyclic) bond motifs is 1. The molecule has 1 aliphatic rings. The quantitative estimate of drug-likeness (QED) is 0.698. The van der Waals surface area contributed by atoms with E-state index >= 15 is 0 Å². The van der Waals surface area contributed by atoms with Gasteiger partial charge in [0, 0.05) is 18.9 Å². The van der Waals surface area contributed by atoms with Crippen LogP contribution in [0.25, 0.3) is 5.65 Å². The minimum atomic E-state index is -0.100. The van der Waals surface area contributed by atoms with Crippen LogP contribution in [0.1, 0.15) is 26.7 Å². The number of pyridine rings is 1. The molecule has 128 valence electrons. The van der Waals surface area contributed by atoms with Crippen molar-refractivity contribution in [2.75, 3.05) is 18.1 Å². The standard InChI is InChI=1S/C17H21N3O2S2/c1-17(2,6-9-20-14(21)12-24-16(20)22)7-11-23-15-5-3-4-13-18-8-10-19(13)15/h3-5,8,10H,6-7,9,11-12H2,1-2H3. The van der Waals surface area contributed by atoms with Crippen LogP contribution in [0.5, 0.6) is 0 Å². The first-order valence-electron chi connectivity index (χ1n) is 7.98. The maximum absolute atomic E-state index is 11.7. The van der Waals surface area contributed by atoms with Crippen molar-refractivity contribution in [1.29, 1.82) is 0 Å². The van der Waals surface area contributed by atoms with Crippen molar-refractivity contribution in [2.45, 2.75) is 31.7 Å². The lowest BCUT2D eigenvalue weighted by Gasteiger charge is -2.26. The molecule has 0 bridgehead atoms. The Bertz CT molecular complexity index is 741. The van der Waals surface area contributed by atoms with Crippen LogP contribution in [-0.4, -0.2) is 43.5 Å². The fraction of sp³-hybridized carbons (Fsp3) is 0.471. The highest BCUT2D eigenvalue weighted by molar-refractivity contribution is 8.14. The third-order valence-electron chi connectivity index (χ3n) is 4.27.